The number of hydrogen-bond donors (Lipinski definition) is 1. The lowest BCUT2D eigenvalue weighted by atomic mass is 9.78. The first kappa shape index (κ1) is 27.9. The van der Waals surface area contributed by atoms with Crippen LogP contribution in [0.15, 0.2) is 164 Å². The molecule has 2 aromatic heterocycles. The molecule has 4 nitrogen and oxygen atoms in total. The van der Waals surface area contributed by atoms with Gasteiger partial charge in [0.1, 0.15) is 11.6 Å². The number of nitrogens with zero attached hydrogens (tertiary/aromatic N) is 3. The summed E-state index contributed by atoms with van der Waals surface area (Å²) in [6.07, 6.45) is -0.850. The van der Waals surface area contributed by atoms with Crippen LogP contribution in [0.1, 0.15) is 167 Å². The van der Waals surface area contributed by atoms with Gasteiger partial charge in [-0.25, -0.2) is 4.98 Å². The molecule has 1 N–H and O–H groups in total. The van der Waals surface area contributed by atoms with Gasteiger partial charge in [-0.2, -0.15) is 0 Å². The molecule has 0 saturated carbocycles. The van der Waals surface area contributed by atoms with Crippen molar-refractivity contribution in [3.63, 3.8) is 0 Å². The Morgan fingerprint density at radius 1 is 0.521 bits per heavy atom. The number of imidazole rings is 1. The third-order valence-corrected chi connectivity index (χ3v) is 12.5. The number of phenolic OH excluding ortho intramolecular Hbond substituents is 1. The lowest BCUT2D eigenvalue weighted by molar-refractivity contribution is 0.411. The fourth-order valence-electron chi connectivity index (χ4n) is 8.87. The molecule has 9 aromatic rings. The quantitative estimate of drug-likeness (QED) is 0.165. The van der Waals surface area contributed by atoms with E-state index in [1.54, 1.807) is 118 Å². The van der Waals surface area contributed by atoms with Gasteiger partial charge in [0, 0.05) is 61.4 Å². The van der Waals surface area contributed by atoms with Crippen LogP contribution in [0.3, 0.4) is 0 Å². The van der Waals surface area contributed by atoms with Crippen LogP contribution >= 0.6 is 0 Å². The lowest BCUT2D eigenvalue weighted by Gasteiger charge is -2.28. The highest BCUT2D eigenvalue weighted by molar-refractivity contribution is 6.00. The zero-order chi connectivity index (χ0) is 74.4. The second kappa shape index (κ2) is 18.8. The molecule has 0 bridgehead atoms. The predicted molar refractivity (Wildman–Crippen MR) is 311 cm³/mol. The first-order valence-corrected chi connectivity index (χ1v) is 24.0. The first-order valence-electron chi connectivity index (χ1n) is 37.0. The average Bonchev–Trinajstić information content (AvgIpc) is 1.65. The van der Waals surface area contributed by atoms with E-state index in [4.69, 9.17) is 33.8 Å². The Balaban J connectivity index is 1.57. The van der Waals surface area contributed by atoms with Gasteiger partial charge >= 0.3 is 0 Å². The third-order valence-electron chi connectivity index (χ3n) is 12.5. The molecule has 0 aliphatic heterocycles. The summed E-state index contributed by atoms with van der Waals surface area (Å²) in [5, 5.41) is 13.5. The number of benzene rings is 7. The Labute approximate surface area is 472 Å². The zero-order valence-corrected chi connectivity index (χ0v) is 42.4. The van der Waals surface area contributed by atoms with Gasteiger partial charge < -0.3 is 5.11 Å². The predicted octanol–water partition coefficient (Wildman–Crippen LogP) is 18.9. The van der Waals surface area contributed by atoms with Crippen molar-refractivity contribution in [1.82, 2.24) is 14.5 Å². The van der Waals surface area contributed by atoms with Gasteiger partial charge in [0.2, 0.25) is 0 Å². The summed E-state index contributed by atoms with van der Waals surface area (Å²) in [7, 11) is 0. The number of pyridine rings is 1. The van der Waals surface area contributed by atoms with Crippen molar-refractivity contribution in [3.05, 3.63) is 192 Å². The molecule has 73 heavy (non-hydrogen) atoms. The molecule has 0 fully saturated rings. The van der Waals surface area contributed by atoms with Crippen molar-refractivity contribution in [2.75, 3.05) is 0 Å². The van der Waals surface area contributed by atoms with Crippen LogP contribution in [0, 0.1) is 5.41 Å². The van der Waals surface area contributed by atoms with E-state index in [-0.39, 0.29) is 74.4 Å². The van der Waals surface area contributed by atoms with E-state index in [0.717, 1.165) is 11.8 Å². The van der Waals surface area contributed by atoms with E-state index in [1.807, 2.05) is 53.7 Å². The van der Waals surface area contributed by atoms with Crippen LogP contribution in [0.5, 0.6) is 5.75 Å². The van der Waals surface area contributed by atoms with E-state index in [1.165, 1.54) is 16.7 Å². The van der Waals surface area contributed by atoms with Crippen LogP contribution < -0.4 is 0 Å². The number of fused-ring (bicyclic) bond motifs is 1. The molecular formula is C69H75N3O. The molecule has 2 heterocycles. The van der Waals surface area contributed by atoms with Crippen molar-refractivity contribution < 1.29 is 40.7 Å². The molecule has 0 saturated heterocycles. The molecule has 9 rings (SSSR count). The minimum absolute atomic E-state index is 0.0211. The summed E-state index contributed by atoms with van der Waals surface area (Å²) >= 11 is 0. The number of aromatic hydroxyl groups is 1. The SMILES string of the molecule is [2H]c1cc(C([2H])([2H])C(C)(C)C)cc([2H])c1-c1c([2H])cnc(-c2cc(-c3cccc4c3nc(-c3c([2H])c(C(C([2H])([2H])[2H])(C([2H])([2H])[2H])C([2H])([2H])[2H])c([2H])c(C(C([2H])([2H])[2H])(C([2H])([2H])[2H])C([2H])([2H])[2H])c3O)n4-c3c(-c4ccccc4)cc(C(C)(C)C)cc3-c3ccccc3)cc(C(C)(C)C)c2)c1[2H]. The molecule has 0 spiro atoms. The monoisotopic (exact) mass is 988 g/mol. The smallest absolute Gasteiger partial charge is 0.149 e. The van der Waals surface area contributed by atoms with E-state index in [0.29, 0.717) is 33.4 Å². The summed E-state index contributed by atoms with van der Waals surface area (Å²) < 4.78 is 238. The highest BCUT2D eigenvalue weighted by atomic mass is 16.3. The Morgan fingerprint density at radius 2 is 1.11 bits per heavy atom. The van der Waals surface area contributed by atoms with Crippen LogP contribution in [0.4, 0.5) is 0 Å². The zero-order valence-electron chi connectivity index (χ0n) is 68.4. The Kier molecular flexibility index (Phi) is 7.17. The molecule has 372 valence electrons. The minimum atomic E-state index is -4.53. The van der Waals surface area contributed by atoms with Gasteiger partial charge in [-0.15, -0.1) is 0 Å². The molecule has 4 heteroatoms. The first-order chi connectivity index (χ1) is 45.0. The minimum Gasteiger partial charge on any atom is -0.507 e. The summed E-state index contributed by atoms with van der Waals surface area (Å²) in [5.74, 6) is -2.56. The average molecular weight is 989 g/mol. The maximum Gasteiger partial charge on any atom is 0.149 e. The molecule has 0 aliphatic rings. The van der Waals surface area contributed by atoms with Crippen molar-refractivity contribution >= 4 is 11.0 Å². The number of para-hydroxylation sites is 1. The van der Waals surface area contributed by atoms with Gasteiger partial charge in [-0.1, -0.05) is 213 Å². The van der Waals surface area contributed by atoms with Gasteiger partial charge in [0.25, 0.3) is 0 Å². The second-order valence-electron chi connectivity index (χ2n) is 21.7. The summed E-state index contributed by atoms with van der Waals surface area (Å²) in [5.41, 5.74) is -13.0. The number of hydrogen-bond acceptors (Lipinski definition) is 3. The molecule has 0 atom stereocenters. The maximum absolute atomic E-state index is 13.5. The topological polar surface area (TPSA) is 50.9 Å². The van der Waals surface area contributed by atoms with E-state index in [2.05, 4.69) is 4.98 Å². The van der Waals surface area contributed by atoms with E-state index in [9.17, 15) is 12.0 Å². The highest BCUT2D eigenvalue weighted by Crippen LogP contribution is 2.48. The molecule has 0 unspecified atom stereocenters. The van der Waals surface area contributed by atoms with Gasteiger partial charge in [-0.05, 0) is 132 Å². The Hall–Kier alpha value is -7.04. The standard InChI is InChI=1S/C69H75N3O/c1-65(2,3)43-44-29-31-45(32-30-44)48-33-34-70-59(38-48)50-35-49(36-51(37-50)66(4,5)6)54-27-22-28-60-61(54)71-64(57-41-53(68(10,11)12)42-58(63(57)73)69(13,14)15)72(60)62-55(46-23-18-16-19-24-46)39-52(67(7,8)9)40-56(62)47-25-20-17-21-26-47/h16-42,73H,43H2,1-15H3/i10D3,11D3,12D3,13D3,14D3,15D3,31D,32D,33D,38D,41D,42D,43D2. The van der Waals surface area contributed by atoms with Crippen molar-refractivity contribution in [2.24, 2.45) is 5.41 Å². The fourth-order valence-corrected chi connectivity index (χ4v) is 8.87. The Bertz CT molecular complexity index is 4400. The van der Waals surface area contributed by atoms with Gasteiger partial charge in [0.15, 0.2) is 0 Å². The van der Waals surface area contributed by atoms with Crippen molar-refractivity contribution in [2.45, 2.75) is 131 Å². The summed E-state index contributed by atoms with van der Waals surface area (Å²) in [6.45, 7) is -9.84. The molecule has 0 amide bonds. The van der Waals surface area contributed by atoms with Crippen LogP contribution in [-0.4, -0.2) is 19.6 Å². The largest absolute Gasteiger partial charge is 0.507 e. The van der Waals surface area contributed by atoms with Crippen LogP contribution in [0.2, 0.25) is 0 Å². The summed E-state index contributed by atoms with van der Waals surface area (Å²) in [6, 6.07) is 28.7. The normalized spacial score (nSPS) is 19.1. The van der Waals surface area contributed by atoms with Crippen molar-refractivity contribution in [1.29, 1.82) is 0 Å². The molecular weight excluding hydrogens is 887 g/mol. The Morgan fingerprint density at radius 3 is 1.68 bits per heavy atom. The third kappa shape index (κ3) is 10.6. The van der Waals surface area contributed by atoms with E-state index < -0.39 is 115 Å². The van der Waals surface area contributed by atoms with Gasteiger partial charge in [0.05, 0.1) is 36.2 Å². The summed E-state index contributed by atoms with van der Waals surface area (Å²) in [4.78, 5) is 9.82. The molecule has 0 radical (unpaired) electrons. The second-order valence-corrected chi connectivity index (χ2v) is 21.7. The number of aromatic nitrogens is 3. The highest BCUT2D eigenvalue weighted by Gasteiger charge is 2.31. The fraction of sp³-hybridized carbons (Fsp3) is 0.304. The number of rotatable bonds is 8. The molecule has 7 aromatic carbocycles. The van der Waals surface area contributed by atoms with Crippen LogP contribution in [0.25, 0.3) is 83.9 Å². The maximum atomic E-state index is 13.5. The van der Waals surface area contributed by atoms with Gasteiger partial charge in [-0.3, -0.25) is 9.55 Å². The van der Waals surface area contributed by atoms with E-state index >= 15 is 0 Å². The lowest BCUT2D eigenvalue weighted by Crippen LogP contribution is -2.17. The van der Waals surface area contributed by atoms with Crippen LogP contribution in [-0.2, 0) is 28.0 Å². The molecule has 0 aliphatic carbocycles. The van der Waals surface area contributed by atoms with Crippen molar-refractivity contribution in [3.8, 4) is 78.6 Å². The number of phenols is 1.